The molecule has 13 aromatic rings. The van der Waals surface area contributed by atoms with Crippen LogP contribution in [0, 0.1) is 0 Å². The van der Waals surface area contributed by atoms with Crippen LogP contribution in [0.4, 0.5) is 0 Å². The van der Waals surface area contributed by atoms with Gasteiger partial charge in [0, 0.05) is 68.5 Å². The fourth-order valence-corrected chi connectivity index (χ4v) is 17.7. The van der Waals surface area contributed by atoms with E-state index >= 15 is 0 Å². The lowest BCUT2D eigenvalue weighted by atomic mass is 9.91. The number of ether oxygens (including phenoxy) is 6. The van der Waals surface area contributed by atoms with Crippen molar-refractivity contribution in [2.75, 3.05) is 42.7 Å². The van der Waals surface area contributed by atoms with Crippen LogP contribution in [0.2, 0.25) is 0 Å². The van der Waals surface area contributed by atoms with Gasteiger partial charge in [-0.3, -0.25) is 0 Å². The van der Waals surface area contributed by atoms with Crippen molar-refractivity contribution in [2.45, 2.75) is 233 Å². The number of benzene rings is 10. The molecule has 582 valence electrons. The highest BCUT2D eigenvalue weighted by Gasteiger charge is 2.31. The maximum absolute atomic E-state index is 5.91. The van der Waals surface area contributed by atoms with E-state index in [1.807, 2.05) is 0 Å². The number of fused-ring (bicyclic) bond motifs is 12. The van der Waals surface area contributed by atoms with Crippen LogP contribution in [0.25, 0.3) is 132 Å². The van der Waals surface area contributed by atoms with Crippen LogP contribution in [-0.4, -0.2) is 56.4 Å². The van der Waals surface area contributed by atoms with E-state index in [1.54, 1.807) is 42.7 Å². The number of rotatable bonds is 45. The lowest BCUT2D eigenvalue weighted by molar-refractivity contribution is 0.414. The highest BCUT2D eigenvalue weighted by Crippen LogP contribution is 2.53. The first-order chi connectivity index (χ1) is 54.7. The number of aromatic nitrogens is 3. The van der Waals surface area contributed by atoms with Gasteiger partial charge in [0.25, 0.3) is 0 Å². The van der Waals surface area contributed by atoms with Gasteiger partial charge in [-0.05, 0) is 195 Å². The van der Waals surface area contributed by atoms with Crippen LogP contribution < -0.4 is 28.4 Å². The van der Waals surface area contributed by atoms with Gasteiger partial charge in [-0.15, -0.1) is 0 Å². The molecule has 0 amide bonds. The molecule has 3 heterocycles. The number of aryl methyl sites for hydroxylation is 3. The first-order valence-electron chi connectivity index (χ1n) is 42.7. The number of unbranched alkanes of at least 4 members (excludes halogenated alkanes) is 27. The minimum Gasteiger partial charge on any atom is -0.497 e. The largest absolute Gasteiger partial charge is 0.497 e. The first-order valence-corrected chi connectivity index (χ1v) is 42.7. The lowest BCUT2D eigenvalue weighted by Gasteiger charge is -2.15. The van der Waals surface area contributed by atoms with Gasteiger partial charge in [-0.2, -0.15) is 0 Å². The second-order valence-corrected chi connectivity index (χ2v) is 31.3. The average Bonchev–Trinajstić information content (AvgIpc) is 1.51. The number of hydrogen-bond acceptors (Lipinski definition) is 6. The Morgan fingerprint density at radius 2 is 0.360 bits per heavy atom. The third-order valence-corrected chi connectivity index (χ3v) is 23.9. The summed E-state index contributed by atoms with van der Waals surface area (Å²) >= 11 is 0. The second-order valence-electron chi connectivity index (χ2n) is 31.3. The molecule has 0 fully saturated rings. The Balaban J connectivity index is 1.19. The zero-order valence-corrected chi connectivity index (χ0v) is 68.4. The Morgan fingerprint density at radius 1 is 0.198 bits per heavy atom. The third-order valence-electron chi connectivity index (χ3n) is 23.9. The molecule has 0 spiro atoms. The van der Waals surface area contributed by atoms with E-state index in [0.717, 1.165) is 126 Å². The van der Waals surface area contributed by atoms with Crippen LogP contribution in [0.1, 0.15) is 213 Å². The molecule has 0 radical (unpaired) electrons. The summed E-state index contributed by atoms with van der Waals surface area (Å²) in [6.45, 7) is 9.55. The number of nitrogens with zero attached hydrogens (tertiary/aromatic N) is 3. The van der Waals surface area contributed by atoms with Gasteiger partial charge >= 0.3 is 0 Å². The summed E-state index contributed by atoms with van der Waals surface area (Å²) in [7, 11) is 10.6. The molecule has 0 saturated heterocycles. The molecule has 9 heteroatoms. The van der Waals surface area contributed by atoms with Crippen LogP contribution in [0.15, 0.2) is 182 Å². The van der Waals surface area contributed by atoms with E-state index in [9.17, 15) is 0 Å². The van der Waals surface area contributed by atoms with E-state index < -0.39 is 0 Å². The fraction of sp³-hybridized carbons (Fsp3) is 0.412. The third kappa shape index (κ3) is 18.3. The van der Waals surface area contributed by atoms with Gasteiger partial charge in [0.2, 0.25) is 0 Å². The maximum Gasteiger partial charge on any atom is 0.118 e. The molecular formula is C102H123N3O6. The van der Waals surface area contributed by atoms with E-state index in [-0.39, 0.29) is 0 Å². The molecule has 0 aliphatic rings. The maximum atomic E-state index is 5.91. The molecule has 0 unspecified atom stereocenters. The molecule has 10 aromatic carbocycles. The Labute approximate surface area is 662 Å². The predicted molar refractivity (Wildman–Crippen MR) is 473 cm³/mol. The quantitative estimate of drug-likeness (QED) is 0.0354. The van der Waals surface area contributed by atoms with Gasteiger partial charge in [0.1, 0.15) is 34.5 Å². The zero-order chi connectivity index (χ0) is 76.8. The summed E-state index contributed by atoms with van der Waals surface area (Å²) in [4.78, 5) is 0. The number of methoxy groups -OCH3 is 6. The molecule has 3 aromatic heterocycles. The zero-order valence-electron chi connectivity index (χ0n) is 68.4. The van der Waals surface area contributed by atoms with Crippen LogP contribution in [0.5, 0.6) is 34.5 Å². The van der Waals surface area contributed by atoms with Crippen LogP contribution in [-0.2, 0) is 19.6 Å². The molecule has 0 N–H and O–H groups in total. The molecule has 0 aliphatic heterocycles. The molecule has 0 atom stereocenters. The molecule has 0 saturated carbocycles. The molecule has 13 rings (SSSR count). The van der Waals surface area contributed by atoms with Gasteiger partial charge < -0.3 is 42.1 Å². The van der Waals surface area contributed by atoms with Crippen molar-refractivity contribution in [3.63, 3.8) is 0 Å². The Morgan fingerprint density at radius 3 is 0.532 bits per heavy atom. The molecule has 0 aliphatic carbocycles. The molecule has 111 heavy (non-hydrogen) atoms. The molecule has 9 nitrogen and oxygen atoms in total. The van der Waals surface area contributed by atoms with Crippen molar-refractivity contribution in [1.82, 2.24) is 13.7 Å². The van der Waals surface area contributed by atoms with Crippen molar-refractivity contribution in [1.29, 1.82) is 0 Å². The van der Waals surface area contributed by atoms with E-state index in [2.05, 4.69) is 216 Å². The monoisotopic (exact) mass is 1490 g/mol. The summed E-state index contributed by atoms with van der Waals surface area (Å²) in [5.74, 6) is 5.02. The van der Waals surface area contributed by atoms with E-state index in [1.165, 1.54) is 253 Å². The van der Waals surface area contributed by atoms with Gasteiger partial charge in [0.15, 0.2) is 0 Å². The molecule has 0 bridgehead atoms. The highest BCUT2D eigenvalue weighted by atomic mass is 16.5. The summed E-state index contributed by atoms with van der Waals surface area (Å²) in [6, 6.07) is 68.1. The minimum atomic E-state index is 0.834. The summed E-state index contributed by atoms with van der Waals surface area (Å²) < 4.78 is 43.9. The average molecular weight is 1490 g/mol. The van der Waals surface area contributed by atoms with Crippen molar-refractivity contribution < 1.29 is 28.4 Å². The summed E-state index contributed by atoms with van der Waals surface area (Å²) in [6.07, 6.45) is 37.9. The minimum absolute atomic E-state index is 0.834. The first kappa shape index (κ1) is 79.5. The topological polar surface area (TPSA) is 70.2 Å². The summed E-state index contributed by atoms with van der Waals surface area (Å²) in [5, 5.41) is 7.76. The van der Waals surface area contributed by atoms with Crippen LogP contribution >= 0.6 is 0 Å². The van der Waals surface area contributed by atoms with Gasteiger partial charge in [-0.1, -0.05) is 267 Å². The van der Waals surface area contributed by atoms with Gasteiger partial charge in [-0.25, -0.2) is 0 Å². The van der Waals surface area contributed by atoms with E-state index in [4.69, 9.17) is 28.4 Å². The van der Waals surface area contributed by atoms with Gasteiger partial charge in [0.05, 0.1) is 59.2 Å². The lowest BCUT2D eigenvalue weighted by Crippen LogP contribution is -2.02. The number of hydrogen-bond donors (Lipinski definition) is 0. The van der Waals surface area contributed by atoms with Crippen LogP contribution in [0.3, 0.4) is 0 Å². The van der Waals surface area contributed by atoms with Crippen molar-refractivity contribution in [2.24, 2.45) is 0 Å². The van der Waals surface area contributed by atoms with Crippen molar-refractivity contribution in [3.05, 3.63) is 182 Å². The standard InChI is InChI=1S/C102H123N3O6/c1-10-13-16-19-22-25-28-31-34-37-64-103-94-70-88(76-46-58-82(109-7)59-47-76)85(73-40-52-79(106-4)53-41-73)67-91(94)97-100(103)98-92-68-86(74-42-54-80(107-5)55-43-74)89(77-48-60-83(110-8)61-49-77)71-95(92)104(65-38-35-32-29-26-23-20-17-14-11-2)102(98)99-93-69-87(75-44-56-81(108-6)57-45-75)90(78-50-62-84(111-9)63-51-78)72-96(93)105(101(97)99)66-39-36-33-30-27-24-21-18-15-12-3/h40-63,67-72H,10-39,64-66H2,1-9H3. The Hall–Kier alpha value is -9.60. The normalized spacial score (nSPS) is 11.8. The highest BCUT2D eigenvalue weighted by molar-refractivity contribution is 6.40. The van der Waals surface area contributed by atoms with E-state index in [0.29, 0.717) is 0 Å². The summed E-state index contributed by atoms with van der Waals surface area (Å²) in [5.41, 5.74) is 21.7. The van der Waals surface area contributed by atoms with Crippen molar-refractivity contribution >= 4 is 65.4 Å². The second kappa shape index (κ2) is 39.5. The van der Waals surface area contributed by atoms with Crippen molar-refractivity contribution in [3.8, 4) is 101 Å². The smallest absolute Gasteiger partial charge is 0.118 e. The fourth-order valence-electron chi connectivity index (χ4n) is 17.7. The predicted octanol–water partition coefficient (Wildman–Crippen LogP) is 29.8. The Kier molecular flexibility index (Phi) is 28.3. The Bertz CT molecular complexity index is 4580. The SMILES string of the molecule is CCCCCCCCCCCCn1c2cc(-c3ccc(OC)cc3)c(-c3ccc(OC)cc3)cc2c2c1c1c3cc(-c4ccc(OC)cc4)c(-c4ccc(OC)cc4)cc3n(CCCCCCCCCCCC)c1c1c3cc(-c4ccc(OC)cc4)c(-c4ccc(OC)cc4)cc3n(CCCCCCCCCCCC)c21. The molecular weight excluding hydrogens is 1360 g/mol.